The van der Waals surface area contributed by atoms with Crippen molar-refractivity contribution in [1.29, 1.82) is 0 Å². The number of nitrogens with zero attached hydrogens (tertiary/aromatic N) is 1. The molecule has 2 N–H and O–H groups in total. The second-order valence-electron chi connectivity index (χ2n) is 3.91. The molecule has 0 bridgehead atoms. The van der Waals surface area contributed by atoms with Crippen LogP contribution in [-0.4, -0.2) is 4.98 Å². The normalized spacial score (nSPS) is 10.5. The van der Waals surface area contributed by atoms with Crippen molar-refractivity contribution >= 4 is 17.4 Å². The lowest BCUT2D eigenvalue weighted by Crippen LogP contribution is -1.91. The summed E-state index contributed by atoms with van der Waals surface area (Å²) in [4.78, 5) is 5.08. The number of nitrogen functional groups attached to an aromatic ring is 1. The Labute approximate surface area is 104 Å². The van der Waals surface area contributed by atoms with Gasteiger partial charge >= 0.3 is 0 Å². The second-order valence-corrected chi connectivity index (χ2v) is 4.97. The van der Waals surface area contributed by atoms with Crippen LogP contribution in [0, 0.1) is 19.7 Å². The summed E-state index contributed by atoms with van der Waals surface area (Å²) in [5.74, 6) is -0.286. The third-order valence-corrected chi connectivity index (χ3v) is 3.26. The van der Waals surface area contributed by atoms with Crippen LogP contribution < -0.4 is 5.73 Å². The Morgan fingerprint density at radius 2 is 1.94 bits per heavy atom. The first-order chi connectivity index (χ1) is 8.04. The molecule has 1 aromatic heterocycles. The van der Waals surface area contributed by atoms with Gasteiger partial charge in [0, 0.05) is 16.3 Å². The van der Waals surface area contributed by atoms with Crippen LogP contribution in [0.3, 0.4) is 0 Å². The molecule has 0 spiro atoms. The molecule has 0 amide bonds. The Hall–Kier alpha value is -1.55. The number of pyridine rings is 1. The summed E-state index contributed by atoms with van der Waals surface area (Å²) in [5.41, 5.74) is 8.45. The Morgan fingerprint density at radius 3 is 2.65 bits per heavy atom. The first-order valence-electron chi connectivity index (χ1n) is 5.23. The summed E-state index contributed by atoms with van der Waals surface area (Å²) in [5, 5.41) is 0.833. The molecule has 2 rings (SSSR count). The minimum atomic E-state index is -0.286. The third-order valence-electron chi connectivity index (χ3n) is 2.26. The molecule has 88 valence electrons. The predicted octanol–water partition coefficient (Wildman–Crippen LogP) is 3.57. The van der Waals surface area contributed by atoms with Crippen LogP contribution in [0.25, 0.3) is 0 Å². The van der Waals surface area contributed by atoms with Gasteiger partial charge in [-0.1, -0.05) is 11.8 Å². The fourth-order valence-corrected chi connectivity index (χ4v) is 2.58. The molecule has 0 fully saturated rings. The lowest BCUT2D eigenvalue weighted by molar-refractivity contribution is 0.624. The van der Waals surface area contributed by atoms with Crippen molar-refractivity contribution in [3.8, 4) is 0 Å². The Balaban J connectivity index is 2.34. The van der Waals surface area contributed by atoms with Gasteiger partial charge in [0.2, 0.25) is 0 Å². The molecule has 0 unspecified atom stereocenters. The predicted molar refractivity (Wildman–Crippen MR) is 68.6 cm³/mol. The summed E-state index contributed by atoms with van der Waals surface area (Å²) in [6.45, 7) is 3.94. The third kappa shape index (κ3) is 2.97. The highest BCUT2D eigenvalue weighted by molar-refractivity contribution is 7.99. The minimum Gasteiger partial charge on any atom is -0.398 e. The van der Waals surface area contributed by atoms with Crippen molar-refractivity contribution < 1.29 is 4.39 Å². The fourth-order valence-electron chi connectivity index (χ4n) is 1.57. The molecule has 2 nitrogen and oxygen atoms in total. The van der Waals surface area contributed by atoms with Crippen LogP contribution in [0.15, 0.2) is 40.3 Å². The van der Waals surface area contributed by atoms with E-state index in [0.717, 1.165) is 16.3 Å². The topological polar surface area (TPSA) is 38.9 Å². The standard InChI is InChI=1S/C13H13FN2S/c1-8-5-9(2)16-13(6-8)17-12-7-10(14)3-4-11(12)15/h3-7H,15H2,1-2H3. The molecule has 0 atom stereocenters. The van der Waals surface area contributed by atoms with E-state index in [0.29, 0.717) is 10.6 Å². The summed E-state index contributed by atoms with van der Waals surface area (Å²) in [7, 11) is 0. The zero-order valence-corrected chi connectivity index (χ0v) is 10.5. The van der Waals surface area contributed by atoms with E-state index in [-0.39, 0.29) is 5.82 Å². The second kappa shape index (κ2) is 4.75. The van der Waals surface area contributed by atoms with Gasteiger partial charge in [-0.3, -0.25) is 0 Å². The van der Waals surface area contributed by atoms with Gasteiger partial charge in [-0.2, -0.15) is 0 Å². The summed E-state index contributed by atoms with van der Waals surface area (Å²) in [6, 6.07) is 8.31. The number of rotatable bonds is 2. The molecule has 1 heterocycles. The minimum absolute atomic E-state index is 0.286. The average molecular weight is 248 g/mol. The van der Waals surface area contributed by atoms with E-state index in [1.165, 1.54) is 23.9 Å². The van der Waals surface area contributed by atoms with Gasteiger partial charge in [-0.25, -0.2) is 9.37 Å². The van der Waals surface area contributed by atoms with Crippen LogP contribution in [0.2, 0.25) is 0 Å². The molecule has 1 aromatic carbocycles. The smallest absolute Gasteiger partial charge is 0.124 e. The van der Waals surface area contributed by atoms with Crippen molar-refractivity contribution in [1.82, 2.24) is 4.98 Å². The van der Waals surface area contributed by atoms with E-state index in [9.17, 15) is 4.39 Å². The number of anilines is 1. The number of halogens is 1. The van der Waals surface area contributed by atoms with E-state index < -0.39 is 0 Å². The summed E-state index contributed by atoms with van der Waals surface area (Å²) in [6.07, 6.45) is 0. The lowest BCUT2D eigenvalue weighted by Gasteiger charge is -2.06. The van der Waals surface area contributed by atoms with Gasteiger partial charge < -0.3 is 5.73 Å². The van der Waals surface area contributed by atoms with Crippen LogP contribution in [0.4, 0.5) is 10.1 Å². The highest BCUT2D eigenvalue weighted by Crippen LogP contribution is 2.31. The molecule has 0 aliphatic carbocycles. The van der Waals surface area contributed by atoms with Crippen molar-refractivity contribution in [2.45, 2.75) is 23.8 Å². The zero-order valence-electron chi connectivity index (χ0n) is 9.70. The molecule has 0 saturated carbocycles. The molecular formula is C13H13FN2S. The van der Waals surface area contributed by atoms with Gasteiger partial charge in [0.15, 0.2) is 0 Å². The maximum Gasteiger partial charge on any atom is 0.124 e. The van der Waals surface area contributed by atoms with Crippen LogP contribution in [0.1, 0.15) is 11.3 Å². The fraction of sp³-hybridized carbons (Fsp3) is 0.154. The van der Waals surface area contributed by atoms with Crippen LogP contribution >= 0.6 is 11.8 Å². The molecule has 0 aliphatic rings. The first-order valence-corrected chi connectivity index (χ1v) is 6.04. The number of hydrogen-bond donors (Lipinski definition) is 1. The molecule has 0 saturated heterocycles. The van der Waals surface area contributed by atoms with Crippen molar-refractivity contribution in [2.75, 3.05) is 5.73 Å². The number of aromatic nitrogens is 1. The summed E-state index contributed by atoms with van der Waals surface area (Å²) >= 11 is 1.38. The monoisotopic (exact) mass is 248 g/mol. The Kier molecular flexibility index (Phi) is 3.33. The quantitative estimate of drug-likeness (QED) is 0.826. The highest BCUT2D eigenvalue weighted by atomic mass is 32.2. The van der Waals surface area contributed by atoms with E-state index in [2.05, 4.69) is 4.98 Å². The number of hydrogen-bond acceptors (Lipinski definition) is 3. The SMILES string of the molecule is Cc1cc(C)nc(Sc2cc(F)ccc2N)c1. The number of aryl methyl sites for hydroxylation is 2. The van der Waals surface area contributed by atoms with Crippen LogP contribution in [0.5, 0.6) is 0 Å². The van der Waals surface area contributed by atoms with Crippen molar-refractivity contribution in [3.05, 3.63) is 47.4 Å². The molecule has 4 heteroatoms. The molecule has 2 aromatic rings. The first kappa shape index (κ1) is 11.9. The molecule has 0 radical (unpaired) electrons. The van der Waals surface area contributed by atoms with Gasteiger partial charge in [0.25, 0.3) is 0 Å². The number of benzene rings is 1. The van der Waals surface area contributed by atoms with Gasteiger partial charge in [0.05, 0.1) is 0 Å². The van der Waals surface area contributed by atoms with E-state index in [4.69, 9.17) is 5.73 Å². The van der Waals surface area contributed by atoms with E-state index in [1.807, 2.05) is 26.0 Å². The van der Waals surface area contributed by atoms with Crippen molar-refractivity contribution in [2.24, 2.45) is 0 Å². The van der Waals surface area contributed by atoms with E-state index >= 15 is 0 Å². The van der Waals surface area contributed by atoms with Crippen LogP contribution in [-0.2, 0) is 0 Å². The summed E-state index contributed by atoms with van der Waals surface area (Å²) < 4.78 is 13.1. The lowest BCUT2D eigenvalue weighted by atomic mass is 10.3. The number of nitrogens with two attached hydrogens (primary N) is 1. The van der Waals surface area contributed by atoms with E-state index in [1.54, 1.807) is 6.07 Å². The zero-order chi connectivity index (χ0) is 12.4. The van der Waals surface area contributed by atoms with Gasteiger partial charge in [0.1, 0.15) is 10.8 Å². The van der Waals surface area contributed by atoms with Gasteiger partial charge in [-0.15, -0.1) is 0 Å². The highest BCUT2D eigenvalue weighted by Gasteiger charge is 2.05. The Morgan fingerprint density at radius 1 is 1.18 bits per heavy atom. The molecule has 17 heavy (non-hydrogen) atoms. The Bertz CT molecular complexity index is 535. The maximum absolute atomic E-state index is 13.1. The molecular weight excluding hydrogens is 235 g/mol. The average Bonchev–Trinajstić information content (AvgIpc) is 2.22. The maximum atomic E-state index is 13.1. The van der Waals surface area contributed by atoms with Gasteiger partial charge in [-0.05, 0) is 49.7 Å². The van der Waals surface area contributed by atoms with Crippen molar-refractivity contribution in [3.63, 3.8) is 0 Å². The molecule has 0 aliphatic heterocycles. The largest absolute Gasteiger partial charge is 0.398 e.